The normalized spacial score (nSPS) is 32.9. The number of nitrogens with one attached hydrogen (secondary N) is 1. The van der Waals surface area contributed by atoms with Gasteiger partial charge in [0.25, 0.3) is 0 Å². The molecule has 2 unspecified atom stereocenters. The fraction of sp³-hybridized carbons (Fsp3) is 0.750. The molecule has 5 nitrogen and oxygen atoms in total. The lowest BCUT2D eigenvalue weighted by atomic mass is 9.84. The van der Waals surface area contributed by atoms with Crippen LogP contribution in [0.5, 0.6) is 0 Å². The van der Waals surface area contributed by atoms with E-state index in [9.17, 15) is 9.59 Å². The van der Waals surface area contributed by atoms with Crippen LogP contribution in [0.3, 0.4) is 0 Å². The van der Waals surface area contributed by atoms with Crippen molar-refractivity contribution in [3.8, 4) is 0 Å². The number of hydrogen-bond donors (Lipinski definition) is 3. The second-order valence-corrected chi connectivity index (χ2v) is 3.73. The van der Waals surface area contributed by atoms with Crippen LogP contribution in [0.1, 0.15) is 26.2 Å². The number of nitrogens with two attached hydrogens (primary N) is 2. The van der Waals surface area contributed by atoms with E-state index in [1.54, 1.807) is 6.92 Å². The Kier molecular flexibility index (Phi) is 2.56. The summed E-state index contributed by atoms with van der Waals surface area (Å²) in [5.74, 6) is -0.356. The van der Waals surface area contributed by atoms with E-state index in [0.29, 0.717) is 6.42 Å². The van der Waals surface area contributed by atoms with Crippen molar-refractivity contribution in [1.82, 2.24) is 5.32 Å². The number of rotatable bonds is 1. The molecule has 1 saturated carbocycles. The van der Waals surface area contributed by atoms with E-state index in [2.05, 4.69) is 5.32 Å². The van der Waals surface area contributed by atoms with Gasteiger partial charge in [0, 0.05) is 6.04 Å². The van der Waals surface area contributed by atoms with Crippen LogP contribution in [-0.2, 0) is 4.79 Å². The fourth-order valence-corrected chi connectivity index (χ4v) is 1.73. The Morgan fingerprint density at radius 1 is 1.54 bits per heavy atom. The number of carbonyl (C=O) groups is 2. The Morgan fingerprint density at radius 3 is 2.54 bits per heavy atom. The molecule has 1 rings (SSSR count). The van der Waals surface area contributed by atoms with Crippen LogP contribution in [-0.4, -0.2) is 18.0 Å². The predicted octanol–water partition coefficient (Wildman–Crippen LogP) is -0.301. The Hall–Kier alpha value is -1.10. The third-order valence-corrected chi connectivity index (χ3v) is 2.79. The highest BCUT2D eigenvalue weighted by atomic mass is 16.2. The summed E-state index contributed by atoms with van der Waals surface area (Å²) >= 11 is 0. The second-order valence-electron chi connectivity index (χ2n) is 3.73. The lowest BCUT2D eigenvalue weighted by molar-refractivity contribution is -0.129. The molecule has 0 spiro atoms. The van der Waals surface area contributed by atoms with Crippen LogP contribution in [0, 0.1) is 5.41 Å². The van der Waals surface area contributed by atoms with Crippen molar-refractivity contribution in [2.75, 3.05) is 0 Å². The molecular weight excluding hydrogens is 170 g/mol. The number of carbonyl (C=O) groups excluding carboxylic acids is 2. The molecule has 13 heavy (non-hydrogen) atoms. The van der Waals surface area contributed by atoms with Crippen molar-refractivity contribution in [3.05, 3.63) is 0 Å². The maximum Gasteiger partial charge on any atom is 0.318 e. The van der Waals surface area contributed by atoms with E-state index in [-0.39, 0.29) is 11.9 Å². The average molecular weight is 185 g/mol. The smallest absolute Gasteiger partial charge is 0.318 e. The van der Waals surface area contributed by atoms with Crippen LogP contribution >= 0.6 is 0 Å². The molecule has 5 N–H and O–H groups in total. The highest BCUT2D eigenvalue weighted by Gasteiger charge is 2.43. The third kappa shape index (κ3) is 1.80. The van der Waals surface area contributed by atoms with Gasteiger partial charge in [-0.2, -0.15) is 0 Å². The van der Waals surface area contributed by atoms with Crippen molar-refractivity contribution < 1.29 is 9.59 Å². The van der Waals surface area contributed by atoms with Gasteiger partial charge < -0.3 is 11.5 Å². The summed E-state index contributed by atoms with van der Waals surface area (Å²) in [7, 11) is 0. The standard InChI is InChI=1S/C8H15N3O2/c1-8(4-2-3-5(8)9)6(12)11-7(10)13/h5H,2-4,9H2,1H3,(H3,10,11,12,13). The minimum Gasteiger partial charge on any atom is -0.351 e. The molecule has 3 amide bonds. The van der Waals surface area contributed by atoms with Gasteiger partial charge in [0.15, 0.2) is 0 Å². The Morgan fingerprint density at radius 2 is 2.15 bits per heavy atom. The van der Waals surface area contributed by atoms with Gasteiger partial charge >= 0.3 is 6.03 Å². The summed E-state index contributed by atoms with van der Waals surface area (Å²) in [6, 6.07) is -0.989. The molecule has 1 fully saturated rings. The van der Waals surface area contributed by atoms with Gasteiger partial charge in [0.05, 0.1) is 5.41 Å². The van der Waals surface area contributed by atoms with Crippen molar-refractivity contribution in [1.29, 1.82) is 0 Å². The molecule has 74 valence electrons. The summed E-state index contributed by atoms with van der Waals surface area (Å²) in [5, 5.41) is 2.08. The number of urea groups is 1. The maximum absolute atomic E-state index is 11.5. The van der Waals surface area contributed by atoms with Gasteiger partial charge in [-0.05, 0) is 19.8 Å². The zero-order valence-corrected chi connectivity index (χ0v) is 7.67. The van der Waals surface area contributed by atoms with Crippen molar-refractivity contribution in [2.24, 2.45) is 16.9 Å². The largest absolute Gasteiger partial charge is 0.351 e. The van der Waals surface area contributed by atoms with Crippen LogP contribution in [0.2, 0.25) is 0 Å². The minimum atomic E-state index is -0.815. The molecule has 0 aromatic heterocycles. The number of hydrogen-bond acceptors (Lipinski definition) is 3. The fourth-order valence-electron chi connectivity index (χ4n) is 1.73. The van der Waals surface area contributed by atoms with Gasteiger partial charge in [-0.15, -0.1) is 0 Å². The lowest BCUT2D eigenvalue weighted by Gasteiger charge is -2.26. The summed E-state index contributed by atoms with van der Waals surface area (Å²) in [6.07, 6.45) is 2.46. The molecule has 0 saturated heterocycles. The molecule has 0 radical (unpaired) electrons. The first-order valence-electron chi connectivity index (χ1n) is 4.33. The van der Waals surface area contributed by atoms with Crippen molar-refractivity contribution in [3.63, 3.8) is 0 Å². The minimum absolute atomic E-state index is 0.174. The van der Waals surface area contributed by atoms with Crippen LogP contribution in [0.15, 0.2) is 0 Å². The molecule has 1 aliphatic rings. The van der Waals surface area contributed by atoms with E-state index < -0.39 is 11.4 Å². The SMILES string of the molecule is CC1(C(=O)NC(N)=O)CCCC1N. The summed E-state index contributed by atoms with van der Waals surface area (Å²) in [6.45, 7) is 1.77. The monoisotopic (exact) mass is 185 g/mol. The van der Waals surface area contributed by atoms with Crippen LogP contribution in [0.25, 0.3) is 0 Å². The summed E-state index contributed by atoms with van der Waals surface area (Å²) in [5.41, 5.74) is 10.0. The second kappa shape index (κ2) is 3.33. The number of amides is 3. The lowest BCUT2D eigenvalue weighted by Crippen LogP contribution is -2.50. The van der Waals surface area contributed by atoms with Crippen molar-refractivity contribution >= 4 is 11.9 Å². The van der Waals surface area contributed by atoms with E-state index in [1.807, 2.05) is 0 Å². The topological polar surface area (TPSA) is 98.2 Å². The Balaban J connectivity index is 2.68. The predicted molar refractivity (Wildman–Crippen MR) is 47.7 cm³/mol. The molecule has 0 bridgehead atoms. The molecule has 0 aromatic carbocycles. The molecule has 0 aromatic rings. The first kappa shape index (κ1) is 9.98. The number of imide groups is 1. The van der Waals surface area contributed by atoms with E-state index >= 15 is 0 Å². The van der Waals surface area contributed by atoms with E-state index in [0.717, 1.165) is 12.8 Å². The summed E-state index contributed by atoms with van der Waals surface area (Å²) in [4.78, 5) is 22.0. The van der Waals surface area contributed by atoms with Crippen LogP contribution in [0.4, 0.5) is 4.79 Å². The highest BCUT2D eigenvalue weighted by Crippen LogP contribution is 2.36. The Labute approximate surface area is 76.8 Å². The molecular formula is C8H15N3O2. The summed E-state index contributed by atoms with van der Waals surface area (Å²) < 4.78 is 0. The Bertz CT molecular complexity index is 242. The zero-order valence-electron chi connectivity index (χ0n) is 7.67. The van der Waals surface area contributed by atoms with Gasteiger partial charge in [0.2, 0.25) is 5.91 Å². The zero-order chi connectivity index (χ0) is 10.1. The van der Waals surface area contributed by atoms with E-state index in [1.165, 1.54) is 0 Å². The molecule has 5 heteroatoms. The first-order valence-corrected chi connectivity index (χ1v) is 4.33. The van der Waals surface area contributed by atoms with Gasteiger partial charge in [0.1, 0.15) is 0 Å². The van der Waals surface area contributed by atoms with Gasteiger partial charge in [-0.3, -0.25) is 10.1 Å². The van der Waals surface area contributed by atoms with Crippen molar-refractivity contribution in [2.45, 2.75) is 32.2 Å². The maximum atomic E-state index is 11.5. The number of primary amides is 1. The average Bonchev–Trinajstić information content (AvgIpc) is 2.32. The quantitative estimate of drug-likeness (QED) is 0.523. The highest BCUT2D eigenvalue weighted by molar-refractivity contribution is 5.97. The van der Waals surface area contributed by atoms with Gasteiger partial charge in [-0.1, -0.05) is 6.42 Å². The molecule has 1 aliphatic carbocycles. The molecule has 2 atom stereocenters. The van der Waals surface area contributed by atoms with Crippen LogP contribution < -0.4 is 16.8 Å². The first-order chi connectivity index (χ1) is 5.97. The third-order valence-electron chi connectivity index (χ3n) is 2.79. The molecule has 0 aliphatic heterocycles. The van der Waals surface area contributed by atoms with E-state index in [4.69, 9.17) is 11.5 Å². The van der Waals surface area contributed by atoms with Gasteiger partial charge in [-0.25, -0.2) is 4.79 Å². The molecule has 0 heterocycles.